The first kappa shape index (κ1) is 12.9. The second-order valence-electron chi connectivity index (χ2n) is 5.58. The summed E-state index contributed by atoms with van der Waals surface area (Å²) in [5.74, 6) is 1.10. The average molecular weight is 261 g/mol. The van der Waals surface area contributed by atoms with Crippen molar-refractivity contribution in [2.75, 3.05) is 25.1 Å². The third-order valence-electron chi connectivity index (χ3n) is 4.34. The van der Waals surface area contributed by atoms with Gasteiger partial charge in [0.1, 0.15) is 5.82 Å². The van der Waals surface area contributed by atoms with Crippen molar-refractivity contribution in [2.45, 2.75) is 44.8 Å². The van der Waals surface area contributed by atoms with Gasteiger partial charge in [0.15, 0.2) is 0 Å². The van der Waals surface area contributed by atoms with Crippen molar-refractivity contribution < 1.29 is 4.74 Å². The van der Waals surface area contributed by atoms with E-state index in [1.165, 1.54) is 29.7 Å². The maximum atomic E-state index is 5.92. The number of ether oxygens (including phenoxy) is 1. The molecule has 1 fully saturated rings. The Morgan fingerprint density at radius 2 is 2.32 bits per heavy atom. The minimum absolute atomic E-state index is 0.328. The highest BCUT2D eigenvalue weighted by Crippen LogP contribution is 2.29. The predicted molar refractivity (Wildman–Crippen MR) is 76.4 cm³/mol. The van der Waals surface area contributed by atoms with Crippen LogP contribution >= 0.6 is 0 Å². The van der Waals surface area contributed by atoms with Crippen LogP contribution in [0, 0.1) is 0 Å². The van der Waals surface area contributed by atoms with E-state index in [-0.39, 0.29) is 0 Å². The molecular weight excluding hydrogens is 238 g/mol. The number of aromatic nitrogens is 1. The van der Waals surface area contributed by atoms with E-state index in [9.17, 15) is 0 Å². The van der Waals surface area contributed by atoms with Gasteiger partial charge in [-0.3, -0.25) is 0 Å². The summed E-state index contributed by atoms with van der Waals surface area (Å²) in [6, 6.07) is 2.28. The molecule has 19 heavy (non-hydrogen) atoms. The van der Waals surface area contributed by atoms with E-state index in [2.05, 4.69) is 11.0 Å². The lowest BCUT2D eigenvalue weighted by molar-refractivity contribution is 0.0891. The quantitative estimate of drug-likeness (QED) is 0.899. The first-order valence-electron chi connectivity index (χ1n) is 7.31. The summed E-state index contributed by atoms with van der Waals surface area (Å²) in [7, 11) is 1.80. The number of fused-ring (bicyclic) bond motifs is 1. The Morgan fingerprint density at radius 3 is 3.11 bits per heavy atom. The molecule has 1 aromatic heterocycles. The number of hydrogen-bond acceptors (Lipinski definition) is 4. The summed E-state index contributed by atoms with van der Waals surface area (Å²) >= 11 is 0. The summed E-state index contributed by atoms with van der Waals surface area (Å²) < 4.78 is 5.51. The summed E-state index contributed by atoms with van der Waals surface area (Å²) in [4.78, 5) is 7.27. The molecule has 104 valence electrons. The third-order valence-corrected chi connectivity index (χ3v) is 4.34. The first-order valence-corrected chi connectivity index (χ1v) is 7.31. The number of nitrogens with zero attached hydrogens (tertiary/aromatic N) is 2. The van der Waals surface area contributed by atoms with Gasteiger partial charge in [0, 0.05) is 38.0 Å². The van der Waals surface area contributed by atoms with Crippen LogP contribution in [0.2, 0.25) is 0 Å². The maximum absolute atomic E-state index is 5.92. The number of aryl methyl sites for hydroxylation is 2. The van der Waals surface area contributed by atoms with Crippen LogP contribution in [0.25, 0.3) is 0 Å². The van der Waals surface area contributed by atoms with Crippen molar-refractivity contribution in [1.82, 2.24) is 4.98 Å². The molecule has 0 aromatic carbocycles. The van der Waals surface area contributed by atoms with Crippen molar-refractivity contribution in [1.29, 1.82) is 0 Å². The number of pyridine rings is 1. The van der Waals surface area contributed by atoms with E-state index >= 15 is 0 Å². The molecule has 0 spiro atoms. The van der Waals surface area contributed by atoms with Crippen LogP contribution in [-0.4, -0.2) is 31.3 Å². The zero-order valence-electron chi connectivity index (χ0n) is 11.7. The van der Waals surface area contributed by atoms with Crippen LogP contribution in [0.3, 0.4) is 0 Å². The second kappa shape index (κ2) is 5.47. The second-order valence-corrected chi connectivity index (χ2v) is 5.58. The Labute approximate surface area is 115 Å². The summed E-state index contributed by atoms with van der Waals surface area (Å²) in [6.45, 7) is 2.58. The van der Waals surface area contributed by atoms with Crippen molar-refractivity contribution in [2.24, 2.45) is 5.73 Å². The summed E-state index contributed by atoms with van der Waals surface area (Å²) in [5, 5.41) is 0. The Kier molecular flexibility index (Phi) is 3.71. The number of hydrogen-bond donors (Lipinski definition) is 1. The Morgan fingerprint density at radius 1 is 1.42 bits per heavy atom. The first-order chi connectivity index (χ1) is 9.31. The van der Waals surface area contributed by atoms with Gasteiger partial charge >= 0.3 is 0 Å². The highest BCUT2D eigenvalue weighted by Gasteiger charge is 2.24. The van der Waals surface area contributed by atoms with Gasteiger partial charge in [-0.15, -0.1) is 0 Å². The Bertz CT molecular complexity index is 461. The highest BCUT2D eigenvalue weighted by atomic mass is 16.5. The van der Waals surface area contributed by atoms with E-state index in [4.69, 9.17) is 15.5 Å². The Balaban J connectivity index is 1.90. The fraction of sp³-hybridized carbons (Fsp3) is 0.667. The maximum Gasteiger partial charge on any atom is 0.133 e. The SMILES string of the molecule is COC1CCCN(c2nc3c(cc2CN)CCC3)C1. The predicted octanol–water partition coefficient (Wildman–Crippen LogP) is 1.64. The molecule has 2 aliphatic rings. The van der Waals surface area contributed by atoms with Crippen LogP contribution in [-0.2, 0) is 24.1 Å². The van der Waals surface area contributed by atoms with Gasteiger partial charge < -0.3 is 15.4 Å². The van der Waals surface area contributed by atoms with Crippen LogP contribution in [0.4, 0.5) is 5.82 Å². The van der Waals surface area contributed by atoms with E-state index in [0.29, 0.717) is 12.6 Å². The van der Waals surface area contributed by atoms with Crippen LogP contribution < -0.4 is 10.6 Å². The van der Waals surface area contributed by atoms with Crippen LogP contribution in [0.1, 0.15) is 36.1 Å². The van der Waals surface area contributed by atoms with Gasteiger partial charge in [-0.25, -0.2) is 4.98 Å². The van der Waals surface area contributed by atoms with Crippen molar-refractivity contribution in [3.8, 4) is 0 Å². The molecule has 0 amide bonds. The molecule has 4 nitrogen and oxygen atoms in total. The van der Waals surface area contributed by atoms with E-state index in [0.717, 1.165) is 38.2 Å². The molecule has 3 rings (SSSR count). The number of anilines is 1. The fourth-order valence-corrected chi connectivity index (χ4v) is 3.26. The summed E-state index contributed by atoms with van der Waals surface area (Å²) in [5.41, 5.74) is 9.80. The smallest absolute Gasteiger partial charge is 0.133 e. The van der Waals surface area contributed by atoms with E-state index < -0.39 is 0 Å². The molecule has 0 radical (unpaired) electrons. The lowest BCUT2D eigenvalue weighted by Crippen LogP contribution is -2.40. The normalized spacial score (nSPS) is 22.6. The number of rotatable bonds is 3. The number of piperidine rings is 1. The van der Waals surface area contributed by atoms with Crippen molar-refractivity contribution in [3.05, 3.63) is 22.9 Å². The third kappa shape index (κ3) is 2.47. The molecule has 4 heteroatoms. The zero-order chi connectivity index (χ0) is 13.2. The Hall–Kier alpha value is -1.13. The standard InChI is InChI=1S/C15H23N3O/c1-19-13-5-3-7-18(10-13)15-12(9-16)8-11-4-2-6-14(11)17-15/h8,13H,2-7,9-10,16H2,1H3. The topological polar surface area (TPSA) is 51.4 Å². The zero-order valence-corrected chi connectivity index (χ0v) is 11.7. The average Bonchev–Trinajstić information content (AvgIpc) is 2.93. The van der Waals surface area contributed by atoms with Crippen molar-refractivity contribution >= 4 is 5.82 Å². The molecule has 1 saturated heterocycles. The van der Waals surface area contributed by atoms with Crippen LogP contribution in [0.5, 0.6) is 0 Å². The number of nitrogens with two attached hydrogens (primary N) is 1. The molecule has 1 unspecified atom stereocenters. The fourth-order valence-electron chi connectivity index (χ4n) is 3.26. The molecule has 1 aliphatic heterocycles. The van der Waals surface area contributed by atoms with Crippen LogP contribution in [0.15, 0.2) is 6.07 Å². The van der Waals surface area contributed by atoms with Gasteiger partial charge in [0.2, 0.25) is 0 Å². The van der Waals surface area contributed by atoms with Gasteiger partial charge in [0.25, 0.3) is 0 Å². The summed E-state index contributed by atoms with van der Waals surface area (Å²) in [6.07, 6.45) is 6.16. The molecule has 2 N–H and O–H groups in total. The van der Waals surface area contributed by atoms with Gasteiger partial charge in [-0.05, 0) is 43.7 Å². The molecule has 0 bridgehead atoms. The lowest BCUT2D eigenvalue weighted by atomic mass is 10.1. The molecule has 0 saturated carbocycles. The molecule has 1 aromatic rings. The molecule has 1 aliphatic carbocycles. The van der Waals surface area contributed by atoms with Crippen molar-refractivity contribution in [3.63, 3.8) is 0 Å². The molecule has 2 heterocycles. The lowest BCUT2D eigenvalue weighted by Gasteiger charge is -2.34. The molecule has 1 atom stereocenters. The minimum atomic E-state index is 0.328. The minimum Gasteiger partial charge on any atom is -0.380 e. The van der Waals surface area contributed by atoms with Gasteiger partial charge in [-0.2, -0.15) is 0 Å². The molecular formula is C15H23N3O. The monoisotopic (exact) mass is 261 g/mol. The van der Waals surface area contributed by atoms with E-state index in [1.807, 2.05) is 0 Å². The van der Waals surface area contributed by atoms with Gasteiger partial charge in [-0.1, -0.05) is 0 Å². The highest BCUT2D eigenvalue weighted by molar-refractivity contribution is 5.51. The number of methoxy groups -OCH3 is 1. The largest absolute Gasteiger partial charge is 0.380 e. The van der Waals surface area contributed by atoms with E-state index in [1.54, 1.807) is 7.11 Å². The van der Waals surface area contributed by atoms with Gasteiger partial charge in [0.05, 0.1) is 6.10 Å².